The molecule has 1 aromatic carbocycles. The van der Waals surface area contributed by atoms with Gasteiger partial charge in [-0.1, -0.05) is 30.6 Å². The maximum atomic E-state index is 13.5. The molecule has 0 bridgehead atoms. The average molecular weight is 559 g/mol. The van der Waals surface area contributed by atoms with E-state index in [9.17, 15) is 18.4 Å². The summed E-state index contributed by atoms with van der Waals surface area (Å²) in [5.74, 6) is -1.05. The number of pyridine rings is 1. The molecule has 0 aliphatic carbocycles. The highest BCUT2D eigenvalue weighted by Crippen LogP contribution is 2.30. The lowest BCUT2D eigenvalue weighted by molar-refractivity contribution is 0.0960. The second-order valence-corrected chi connectivity index (χ2v) is 9.30. The summed E-state index contributed by atoms with van der Waals surface area (Å²) in [4.78, 5) is 35.9. The lowest BCUT2D eigenvalue weighted by atomic mass is 10.0. The van der Waals surface area contributed by atoms with Crippen LogP contribution in [-0.4, -0.2) is 56.1 Å². The van der Waals surface area contributed by atoms with Gasteiger partial charge in [0, 0.05) is 11.6 Å². The number of H-pyrrole nitrogens is 1. The van der Waals surface area contributed by atoms with Crippen molar-refractivity contribution in [3.8, 4) is 5.82 Å². The maximum absolute atomic E-state index is 13.5. The van der Waals surface area contributed by atoms with Gasteiger partial charge in [-0.2, -0.15) is 10.2 Å². The Morgan fingerprint density at radius 3 is 2.79 bits per heavy atom. The fraction of sp³-hybridized carbons (Fsp3) is 0.280. The van der Waals surface area contributed by atoms with Crippen LogP contribution in [0.15, 0.2) is 41.8 Å². The molecule has 4 aromatic rings. The molecule has 3 N–H and O–H groups in total. The molecule has 3 aromatic heterocycles. The SMILES string of the molecule is Cc1cc2cn[nH]c2c(C(=O)NC/C=N/OCC(C)C)c1NC(=O)c1cc(C(F)F)nn1-c1ncccc1Cl. The van der Waals surface area contributed by atoms with E-state index in [4.69, 9.17) is 16.4 Å². The van der Waals surface area contributed by atoms with Crippen molar-refractivity contribution >= 4 is 46.2 Å². The van der Waals surface area contributed by atoms with Crippen LogP contribution < -0.4 is 10.6 Å². The van der Waals surface area contributed by atoms with Crippen molar-refractivity contribution in [3.05, 3.63) is 64.2 Å². The summed E-state index contributed by atoms with van der Waals surface area (Å²) in [5.41, 5.74) is 0.266. The highest BCUT2D eigenvalue weighted by atomic mass is 35.5. The van der Waals surface area contributed by atoms with Crippen LogP contribution in [0.4, 0.5) is 14.5 Å². The van der Waals surface area contributed by atoms with Crippen LogP contribution in [0, 0.1) is 12.8 Å². The van der Waals surface area contributed by atoms with Crippen molar-refractivity contribution in [3.63, 3.8) is 0 Å². The van der Waals surface area contributed by atoms with Gasteiger partial charge in [0.2, 0.25) is 0 Å². The third kappa shape index (κ3) is 6.20. The highest BCUT2D eigenvalue weighted by Gasteiger charge is 2.26. The molecule has 3 heterocycles. The van der Waals surface area contributed by atoms with Crippen LogP contribution in [0.5, 0.6) is 0 Å². The number of aromatic nitrogens is 5. The number of aryl methyl sites for hydroxylation is 1. The number of benzene rings is 1. The zero-order valence-corrected chi connectivity index (χ0v) is 22.0. The number of amides is 2. The molecule has 0 fully saturated rings. The van der Waals surface area contributed by atoms with Crippen molar-refractivity contribution in [1.29, 1.82) is 0 Å². The van der Waals surface area contributed by atoms with E-state index in [-0.39, 0.29) is 34.3 Å². The first-order chi connectivity index (χ1) is 18.7. The van der Waals surface area contributed by atoms with Gasteiger partial charge in [-0.15, -0.1) is 0 Å². The third-order valence-electron chi connectivity index (χ3n) is 5.44. The number of hydrogen-bond donors (Lipinski definition) is 3. The molecule has 0 aliphatic heterocycles. The normalized spacial score (nSPS) is 11.6. The second-order valence-electron chi connectivity index (χ2n) is 8.90. The molecule has 0 aliphatic rings. The van der Waals surface area contributed by atoms with Crippen LogP contribution in [0.1, 0.15) is 52.4 Å². The molecule has 0 saturated heterocycles. The molecule has 0 radical (unpaired) electrons. The fourth-order valence-corrected chi connectivity index (χ4v) is 3.87. The van der Waals surface area contributed by atoms with Crippen molar-refractivity contribution in [1.82, 2.24) is 30.3 Å². The number of halogens is 3. The van der Waals surface area contributed by atoms with Gasteiger partial charge in [0.15, 0.2) is 5.82 Å². The van der Waals surface area contributed by atoms with Gasteiger partial charge in [0.25, 0.3) is 18.2 Å². The maximum Gasteiger partial charge on any atom is 0.282 e. The Morgan fingerprint density at radius 1 is 1.28 bits per heavy atom. The molecule has 0 atom stereocenters. The predicted molar refractivity (Wildman–Crippen MR) is 142 cm³/mol. The monoisotopic (exact) mass is 558 g/mol. The summed E-state index contributed by atoms with van der Waals surface area (Å²) in [5, 5.41) is 20.5. The van der Waals surface area contributed by atoms with E-state index in [2.05, 4.69) is 36.1 Å². The van der Waals surface area contributed by atoms with Gasteiger partial charge >= 0.3 is 0 Å². The van der Waals surface area contributed by atoms with Gasteiger partial charge in [-0.25, -0.2) is 18.4 Å². The summed E-state index contributed by atoms with van der Waals surface area (Å²) < 4.78 is 28.0. The summed E-state index contributed by atoms with van der Waals surface area (Å²) in [6, 6.07) is 5.72. The Bertz CT molecular complexity index is 1530. The number of hydrogen-bond acceptors (Lipinski definition) is 7. The molecule has 0 unspecified atom stereocenters. The smallest absolute Gasteiger partial charge is 0.282 e. The topological polar surface area (TPSA) is 139 Å². The number of rotatable bonds is 10. The number of anilines is 1. The van der Waals surface area contributed by atoms with E-state index in [1.807, 2.05) is 13.8 Å². The number of carbonyl (C=O) groups is 2. The minimum absolute atomic E-state index is 0.00565. The average Bonchev–Trinajstić information content (AvgIpc) is 3.54. The predicted octanol–water partition coefficient (Wildman–Crippen LogP) is 4.68. The van der Waals surface area contributed by atoms with E-state index >= 15 is 0 Å². The summed E-state index contributed by atoms with van der Waals surface area (Å²) in [7, 11) is 0. The quantitative estimate of drug-likeness (QED) is 0.191. The van der Waals surface area contributed by atoms with Crippen molar-refractivity contribution in [2.75, 3.05) is 18.5 Å². The number of nitrogens with one attached hydrogen (secondary N) is 3. The Kier molecular flexibility index (Phi) is 8.49. The largest absolute Gasteiger partial charge is 0.396 e. The van der Waals surface area contributed by atoms with Crippen LogP contribution in [-0.2, 0) is 4.84 Å². The number of carbonyl (C=O) groups excluding carboxylic acids is 2. The lowest BCUT2D eigenvalue weighted by Gasteiger charge is -2.15. The van der Waals surface area contributed by atoms with E-state index in [0.717, 1.165) is 10.7 Å². The van der Waals surface area contributed by atoms with Crippen LogP contribution in [0.25, 0.3) is 16.7 Å². The van der Waals surface area contributed by atoms with Gasteiger partial charge in [0.05, 0.1) is 40.7 Å². The van der Waals surface area contributed by atoms with Crippen molar-refractivity contribution in [2.45, 2.75) is 27.2 Å². The lowest BCUT2D eigenvalue weighted by Crippen LogP contribution is -2.28. The van der Waals surface area contributed by atoms with Gasteiger partial charge in [0.1, 0.15) is 18.0 Å². The number of fused-ring (bicyclic) bond motifs is 1. The zero-order valence-electron chi connectivity index (χ0n) is 21.2. The summed E-state index contributed by atoms with van der Waals surface area (Å²) in [6.45, 7) is 6.13. The summed E-state index contributed by atoms with van der Waals surface area (Å²) in [6.07, 6.45) is 1.39. The minimum Gasteiger partial charge on any atom is -0.396 e. The van der Waals surface area contributed by atoms with Crippen molar-refractivity contribution < 1.29 is 23.2 Å². The van der Waals surface area contributed by atoms with Gasteiger partial charge in [-0.05, 0) is 42.7 Å². The molecule has 14 heteroatoms. The van der Waals surface area contributed by atoms with E-state index in [1.165, 1.54) is 18.5 Å². The summed E-state index contributed by atoms with van der Waals surface area (Å²) >= 11 is 6.20. The zero-order chi connectivity index (χ0) is 28.1. The van der Waals surface area contributed by atoms with Gasteiger partial charge < -0.3 is 15.5 Å². The molecule has 2 amide bonds. The second kappa shape index (κ2) is 12.0. The first-order valence-corrected chi connectivity index (χ1v) is 12.2. The standard InChI is InChI=1S/C25H25ClF2N8O3/c1-13(2)12-39-32-8-7-30-25(38)19-20(14(3)9-15-11-31-34-21(15)19)33-24(37)18-10-17(22(27)28)35-36(18)23-16(26)5-4-6-29-23/h4-6,8-11,13,22H,7,12H2,1-3H3,(H,30,38)(H,31,34)(H,33,37)/b32-8+. The first-order valence-electron chi connectivity index (χ1n) is 11.9. The Labute approximate surface area is 226 Å². The minimum atomic E-state index is -2.95. The Balaban J connectivity index is 1.67. The molecular formula is C25H25ClF2N8O3. The molecular weight excluding hydrogens is 534 g/mol. The van der Waals surface area contributed by atoms with Crippen LogP contribution in [0.3, 0.4) is 0 Å². The fourth-order valence-electron chi connectivity index (χ4n) is 3.67. The molecule has 39 heavy (non-hydrogen) atoms. The number of aromatic amines is 1. The van der Waals surface area contributed by atoms with Gasteiger partial charge in [-0.3, -0.25) is 14.7 Å². The number of oxime groups is 1. The third-order valence-corrected chi connectivity index (χ3v) is 5.73. The van der Waals surface area contributed by atoms with E-state index in [1.54, 1.807) is 25.3 Å². The van der Waals surface area contributed by atoms with Crippen LogP contribution >= 0.6 is 11.6 Å². The molecule has 4 rings (SSSR count). The number of alkyl halides is 2. The molecule has 11 nitrogen and oxygen atoms in total. The van der Waals surface area contributed by atoms with E-state index in [0.29, 0.717) is 29.0 Å². The molecule has 204 valence electrons. The highest BCUT2D eigenvalue weighted by molar-refractivity contribution is 6.32. The number of nitrogens with zero attached hydrogens (tertiary/aromatic N) is 5. The molecule has 0 spiro atoms. The van der Waals surface area contributed by atoms with Crippen LogP contribution in [0.2, 0.25) is 5.02 Å². The van der Waals surface area contributed by atoms with Crippen molar-refractivity contribution in [2.24, 2.45) is 11.1 Å². The first kappa shape index (κ1) is 27.6. The Morgan fingerprint density at radius 2 is 2.08 bits per heavy atom. The Hall–Kier alpha value is -4.39. The molecule has 0 saturated carbocycles. The van der Waals surface area contributed by atoms with E-state index < -0.39 is 23.9 Å².